The number of hydrogen-bond donors (Lipinski definition) is 2. The summed E-state index contributed by atoms with van der Waals surface area (Å²) >= 11 is 15.7. The van der Waals surface area contributed by atoms with Gasteiger partial charge in [-0.2, -0.15) is 5.26 Å². The Morgan fingerprint density at radius 1 is 0.976 bits per heavy atom. The number of anilines is 1. The van der Waals surface area contributed by atoms with Crippen molar-refractivity contribution < 1.29 is 4.79 Å². The van der Waals surface area contributed by atoms with Crippen molar-refractivity contribution in [2.24, 2.45) is 0 Å². The molecule has 6 rings (SSSR count). The minimum atomic E-state index is -0.515. The molecule has 0 saturated carbocycles. The fraction of sp³-hybridized carbons (Fsp3) is 0.0606. The molecule has 4 aromatic carbocycles. The van der Waals surface area contributed by atoms with Crippen LogP contribution < -0.4 is 10.6 Å². The number of hydrogen-bond acceptors (Lipinski definition) is 6. The Balaban J connectivity index is 1.47. The van der Waals surface area contributed by atoms with Crippen molar-refractivity contribution in [3.05, 3.63) is 140 Å². The largest absolute Gasteiger partial charge is 0.349 e. The zero-order valence-corrected chi connectivity index (χ0v) is 25.1. The third kappa shape index (κ3) is 5.80. The standard InChI is InChI=1S/C33H22Cl2N4OS2/c34-21-11-8-12-22(17-21)37-28(40)19-41-32-24(18-36)29(23-13-4-5-14-25(23)35)30(31(39-32)20-9-2-1-3-10-20)33-38-26-15-6-7-16-27(26)42-33/h1-17,29,39H,19H2,(H,37,40)/t29-/m1/s1. The summed E-state index contributed by atoms with van der Waals surface area (Å²) in [6.07, 6.45) is 0. The number of nitrogens with one attached hydrogen (secondary N) is 2. The van der Waals surface area contributed by atoms with Gasteiger partial charge in [0.2, 0.25) is 5.91 Å². The van der Waals surface area contributed by atoms with Crippen LogP contribution in [0.2, 0.25) is 10.0 Å². The average Bonchev–Trinajstić information content (AvgIpc) is 3.44. The first-order valence-corrected chi connectivity index (χ1v) is 15.6. The monoisotopic (exact) mass is 624 g/mol. The van der Waals surface area contributed by atoms with Crippen molar-refractivity contribution in [3.63, 3.8) is 0 Å². The minimum absolute atomic E-state index is 0.0772. The number of benzene rings is 4. The second-order valence-electron chi connectivity index (χ2n) is 9.42. The summed E-state index contributed by atoms with van der Waals surface area (Å²) in [7, 11) is 0. The van der Waals surface area contributed by atoms with Gasteiger partial charge in [0.1, 0.15) is 5.01 Å². The predicted octanol–water partition coefficient (Wildman–Crippen LogP) is 8.97. The molecular formula is C33H22Cl2N4OS2. The Kier molecular flexibility index (Phi) is 8.31. The van der Waals surface area contributed by atoms with Crippen molar-refractivity contribution >= 4 is 79.4 Å². The lowest BCUT2D eigenvalue weighted by Gasteiger charge is -2.31. The number of nitrogens with zero attached hydrogens (tertiary/aromatic N) is 2. The first-order chi connectivity index (χ1) is 20.5. The molecule has 0 fully saturated rings. The van der Waals surface area contributed by atoms with E-state index in [1.54, 1.807) is 35.6 Å². The van der Waals surface area contributed by atoms with Gasteiger partial charge in [-0.25, -0.2) is 4.98 Å². The maximum Gasteiger partial charge on any atom is 0.234 e. The van der Waals surface area contributed by atoms with Crippen molar-refractivity contribution in [3.8, 4) is 6.07 Å². The lowest BCUT2D eigenvalue weighted by molar-refractivity contribution is -0.113. The van der Waals surface area contributed by atoms with Crippen LogP contribution in [-0.2, 0) is 4.79 Å². The zero-order chi connectivity index (χ0) is 29.1. The second kappa shape index (κ2) is 12.4. The third-order valence-electron chi connectivity index (χ3n) is 6.71. The maximum absolute atomic E-state index is 13.0. The van der Waals surface area contributed by atoms with E-state index in [0.717, 1.165) is 37.6 Å². The molecule has 1 aliphatic heterocycles. The quantitative estimate of drug-likeness (QED) is 0.189. The first kappa shape index (κ1) is 28.1. The molecular weight excluding hydrogens is 603 g/mol. The smallest absolute Gasteiger partial charge is 0.234 e. The van der Waals surface area contributed by atoms with E-state index in [1.165, 1.54) is 11.8 Å². The number of para-hydroxylation sites is 1. The average molecular weight is 626 g/mol. The zero-order valence-electron chi connectivity index (χ0n) is 22.0. The van der Waals surface area contributed by atoms with Gasteiger partial charge >= 0.3 is 0 Å². The van der Waals surface area contributed by atoms with E-state index >= 15 is 0 Å². The molecule has 0 aliphatic carbocycles. The molecule has 2 heterocycles. The Morgan fingerprint density at radius 3 is 2.50 bits per heavy atom. The molecule has 2 N–H and O–H groups in total. The van der Waals surface area contributed by atoms with Crippen molar-refractivity contribution in [2.75, 3.05) is 11.1 Å². The molecule has 5 nitrogen and oxygen atoms in total. The van der Waals surface area contributed by atoms with Gasteiger partial charge in [-0.05, 0) is 47.5 Å². The third-order valence-corrected chi connectivity index (χ3v) is 9.38. The molecule has 0 radical (unpaired) electrons. The van der Waals surface area contributed by atoms with Crippen molar-refractivity contribution in [1.82, 2.24) is 10.3 Å². The summed E-state index contributed by atoms with van der Waals surface area (Å²) in [5.41, 5.74) is 5.36. The topological polar surface area (TPSA) is 77.8 Å². The van der Waals surface area contributed by atoms with Crippen LogP contribution in [0.25, 0.3) is 21.5 Å². The number of nitriles is 1. The van der Waals surface area contributed by atoms with Gasteiger partial charge in [-0.15, -0.1) is 11.3 Å². The Morgan fingerprint density at radius 2 is 1.74 bits per heavy atom. The van der Waals surface area contributed by atoms with Crippen LogP contribution in [0.5, 0.6) is 0 Å². The summed E-state index contributed by atoms with van der Waals surface area (Å²) in [6.45, 7) is 0. The Labute approximate surface area is 261 Å². The highest BCUT2D eigenvalue weighted by Crippen LogP contribution is 2.50. The molecule has 0 spiro atoms. The van der Waals surface area contributed by atoms with Gasteiger partial charge in [-0.3, -0.25) is 4.79 Å². The highest BCUT2D eigenvalue weighted by atomic mass is 35.5. The normalized spacial score (nSPS) is 14.9. The number of fused-ring (bicyclic) bond motifs is 1. The molecule has 0 bridgehead atoms. The van der Waals surface area contributed by atoms with Crippen LogP contribution in [-0.4, -0.2) is 16.6 Å². The Bertz CT molecular complexity index is 1880. The van der Waals surface area contributed by atoms with E-state index < -0.39 is 5.92 Å². The first-order valence-electron chi connectivity index (χ1n) is 13.0. The van der Waals surface area contributed by atoms with Crippen LogP contribution in [0.4, 0.5) is 5.69 Å². The van der Waals surface area contributed by atoms with Crippen LogP contribution in [0, 0.1) is 11.3 Å². The number of dihydropyridines is 1. The number of halogens is 2. The number of aromatic nitrogens is 1. The van der Waals surface area contributed by atoms with Gasteiger partial charge in [-0.1, -0.05) is 102 Å². The summed E-state index contributed by atoms with van der Waals surface area (Å²) in [5.74, 6) is -0.655. The van der Waals surface area contributed by atoms with Gasteiger partial charge in [0.05, 0.1) is 44.3 Å². The fourth-order valence-corrected chi connectivity index (χ4v) is 7.19. The molecule has 1 aromatic heterocycles. The summed E-state index contributed by atoms with van der Waals surface area (Å²) in [6, 6.07) is 34.9. The lowest BCUT2D eigenvalue weighted by atomic mass is 9.81. The summed E-state index contributed by atoms with van der Waals surface area (Å²) in [4.78, 5) is 18.0. The van der Waals surface area contributed by atoms with Crippen LogP contribution in [0.15, 0.2) is 114 Å². The molecule has 1 aliphatic rings. The van der Waals surface area contributed by atoms with E-state index in [1.807, 2.05) is 78.9 Å². The van der Waals surface area contributed by atoms with E-state index in [-0.39, 0.29) is 11.7 Å². The van der Waals surface area contributed by atoms with Crippen LogP contribution in [0.3, 0.4) is 0 Å². The van der Waals surface area contributed by atoms with E-state index in [2.05, 4.69) is 16.7 Å². The number of amides is 1. The van der Waals surface area contributed by atoms with Gasteiger partial charge in [0, 0.05) is 21.3 Å². The van der Waals surface area contributed by atoms with Gasteiger partial charge < -0.3 is 10.6 Å². The summed E-state index contributed by atoms with van der Waals surface area (Å²) < 4.78 is 1.05. The number of carbonyl (C=O) groups is 1. The van der Waals surface area contributed by atoms with E-state index in [9.17, 15) is 10.1 Å². The molecule has 42 heavy (non-hydrogen) atoms. The maximum atomic E-state index is 13.0. The molecule has 0 unspecified atom stereocenters. The molecule has 1 atom stereocenters. The van der Waals surface area contributed by atoms with E-state index in [4.69, 9.17) is 28.2 Å². The number of thiazole rings is 1. The highest BCUT2D eigenvalue weighted by Gasteiger charge is 2.36. The molecule has 9 heteroatoms. The second-order valence-corrected chi connectivity index (χ2v) is 12.3. The minimum Gasteiger partial charge on any atom is -0.349 e. The van der Waals surface area contributed by atoms with Gasteiger partial charge in [0.15, 0.2) is 0 Å². The lowest BCUT2D eigenvalue weighted by Crippen LogP contribution is -2.25. The molecule has 206 valence electrons. The number of rotatable bonds is 7. The highest BCUT2D eigenvalue weighted by molar-refractivity contribution is 8.03. The fourth-order valence-electron chi connectivity index (χ4n) is 4.87. The molecule has 5 aromatic rings. The van der Waals surface area contributed by atoms with Crippen molar-refractivity contribution in [2.45, 2.75) is 5.92 Å². The summed E-state index contributed by atoms with van der Waals surface area (Å²) in [5, 5.41) is 19.5. The molecule has 0 saturated heterocycles. The Hall–Kier alpha value is -4.06. The number of carbonyl (C=O) groups excluding carboxylic acids is 1. The van der Waals surface area contributed by atoms with Crippen LogP contribution >= 0.6 is 46.3 Å². The van der Waals surface area contributed by atoms with Crippen LogP contribution in [0.1, 0.15) is 22.1 Å². The molecule has 1 amide bonds. The van der Waals surface area contributed by atoms with E-state index in [0.29, 0.717) is 26.3 Å². The number of thioether (sulfide) groups is 1. The van der Waals surface area contributed by atoms with Crippen molar-refractivity contribution in [1.29, 1.82) is 5.26 Å². The van der Waals surface area contributed by atoms with Gasteiger partial charge in [0.25, 0.3) is 0 Å². The SMILES string of the molecule is N#CC1=C(SCC(=O)Nc2cccc(Cl)c2)NC(c2ccccc2)=C(c2nc3ccccc3s2)[C@@H]1c1ccccc1Cl. The number of allylic oxidation sites excluding steroid dienone is 2. The predicted molar refractivity (Wildman–Crippen MR) is 175 cm³/mol.